The zero-order valence-corrected chi connectivity index (χ0v) is 17.0. The van der Waals surface area contributed by atoms with Crippen LogP contribution in [0, 0.1) is 0 Å². The number of allylic oxidation sites excluding steroid dienone is 3. The molecule has 2 aromatic carbocycles. The van der Waals surface area contributed by atoms with E-state index in [1.165, 1.54) is 38.0 Å². The zero-order valence-electron chi connectivity index (χ0n) is 14.6. The molecule has 2 atom stereocenters. The maximum absolute atomic E-state index is 2.29. The largest absolute Gasteiger partial charge is 0.145 e. The average molecular weight is 383 g/mol. The Morgan fingerprint density at radius 3 is 1.56 bits per heavy atom. The lowest BCUT2D eigenvalue weighted by atomic mass is 9.98. The van der Waals surface area contributed by atoms with Crippen LogP contribution in [0.5, 0.6) is 0 Å². The maximum Gasteiger partial charge on any atom is 0.0485 e. The molecule has 2 aromatic rings. The van der Waals surface area contributed by atoms with Gasteiger partial charge in [-0.1, -0.05) is 84.2 Å². The van der Waals surface area contributed by atoms with Crippen LogP contribution >= 0.6 is 35.3 Å². The normalized spacial score (nSPS) is 24.1. The Bertz CT molecular complexity index is 740. The van der Waals surface area contributed by atoms with Gasteiger partial charge in [0.15, 0.2) is 0 Å². The van der Waals surface area contributed by atoms with Gasteiger partial charge in [0, 0.05) is 14.7 Å². The molecule has 25 heavy (non-hydrogen) atoms. The van der Waals surface area contributed by atoms with Gasteiger partial charge in [0.05, 0.1) is 0 Å². The van der Waals surface area contributed by atoms with Crippen LogP contribution in [0.1, 0.15) is 48.3 Å². The summed E-state index contributed by atoms with van der Waals surface area (Å²) in [7, 11) is 0. The molecule has 1 fully saturated rings. The Morgan fingerprint density at radius 2 is 1.12 bits per heavy atom. The SMILES string of the molecule is CC1=C(C)SC(=C2CC(c3ccccc3)SC(c3ccccc3)C2)S1. The molecule has 0 saturated carbocycles. The van der Waals surface area contributed by atoms with E-state index >= 15 is 0 Å². The quantitative estimate of drug-likeness (QED) is 0.517. The summed E-state index contributed by atoms with van der Waals surface area (Å²) in [6.45, 7) is 4.50. The van der Waals surface area contributed by atoms with Crippen LogP contribution in [-0.4, -0.2) is 0 Å². The molecule has 0 bridgehead atoms. The first-order valence-corrected chi connectivity index (χ1v) is 11.3. The Balaban J connectivity index is 1.67. The molecule has 0 aliphatic carbocycles. The van der Waals surface area contributed by atoms with E-state index in [2.05, 4.69) is 86.3 Å². The van der Waals surface area contributed by atoms with Gasteiger partial charge in [0.25, 0.3) is 0 Å². The van der Waals surface area contributed by atoms with Crippen molar-refractivity contribution in [3.63, 3.8) is 0 Å². The standard InChI is InChI=1S/C22H22S3/c1-15-16(2)24-22(23-15)19-13-20(17-9-5-3-6-10-17)25-21(14-19)18-11-7-4-8-12-18/h3-12,20-21H,13-14H2,1-2H3. The Hall–Kier alpha value is -1.03. The second-order valence-electron chi connectivity index (χ2n) is 6.55. The van der Waals surface area contributed by atoms with Crippen LogP contribution < -0.4 is 0 Å². The van der Waals surface area contributed by atoms with Gasteiger partial charge in [-0.2, -0.15) is 0 Å². The average Bonchev–Trinajstić information content (AvgIpc) is 3.02. The van der Waals surface area contributed by atoms with Crippen molar-refractivity contribution in [2.75, 3.05) is 0 Å². The van der Waals surface area contributed by atoms with E-state index in [1.807, 2.05) is 23.5 Å². The van der Waals surface area contributed by atoms with Crippen molar-refractivity contribution in [1.29, 1.82) is 0 Å². The van der Waals surface area contributed by atoms with Crippen molar-refractivity contribution >= 4 is 35.3 Å². The van der Waals surface area contributed by atoms with Crippen molar-refractivity contribution in [2.45, 2.75) is 37.2 Å². The third-order valence-corrected chi connectivity index (χ3v) is 9.15. The van der Waals surface area contributed by atoms with Crippen LogP contribution in [0.25, 0.3) is 0 Å². The first-order chi connectivity index (χ1) is 12.2. The van der Waals surface area contributed by atoms with E-state index in [-0.39, 0.29) is 0 Å². The molecule has 1 saturated heterocycles. The van der Waals surface area contributed by atoms with Crippen LogP contribution in [0.3, 0.4) is 0 Å². The second kappa shape index (κ2) is 7.69. The molecule has 0 N–H and O–H groups in total. The second-order valence-corrected chi connectivity index (χ2v) is 10.7. The molecule has 0 amide bonds. The molecule has 3 heteroatoms. The summed E-state index contributed by atoms with van der Waals surface area (Å²) in [5, 5.41) is 1.09. The van der Waals surface area contributed by atoms with Crippen LogP contribution in [-0.2, 0) is 0 Å². The van der Waals surface area contributed by atoms with Gasteiger partial charge in [-0.15, -0.1) is 11.8 Å². The van der Waals surface area contributed by atoms with Gasteiger partial charge >= 0.3 is 0 Å². The van der Waals surface area contributed by atoms with Gasteiger partial charge < -0.3 is 0 Å². The molecule has 128 valence electrons. The molecule has 2 heterocycles. The lowest BCUT2D eigenvalue weighted by molar-refractivity contribution is 0.769. The predicted octanol–water partition coefficient (Wildman–Crippen LogP) is 7.94. The molecule has 2 aliphatic rings. The number of benzene rings is 2. The fourth-order valence-electron chi connectivity index (χ4n) is 3.31. The van der Waals surface area contributed by atoms with E-state index < -0.39 is 0 Å². The van der Waals surface area contributed by atoms with E-state index in [0.29, 0.717) is 10.5 Å². The van der Waals surface area contributed by atoms with Crippen molar-refractivity contribution < 1.29 is 0 Å². The molecule has 2 aliphatic heterocycles. The minimum Gasteiger partial charge on any atom is -0.145 e. The molecule has 4 rings (SSSR count). The number of hydrogen-bond acceptors (Lipinski definition) is 3. The summed E-state index contributed by atoms with van der Waals surface area (Å²) >= 11 is 6.11. The minimum absolute atomic E-state index is 0.546. The van der Waals surface area contributed by atoms with Crippen LogP contribution in [0.15, 0.2) is 80.3 Å². The molecule has 2 unspecified atom stereocenters. The van der Waals surface area contributed by atoms with Crippen molar-refractivity contribution in [3.05, 3.63) is 91.4 Å². The lowest BCUT2D eigenvalue weighted by Crippen LogP contribution is -2.10. The summed E-state index contributed by atoms with van der Waals surface area (Å²) in [4.78, 5) is 2.94. The van der Waals surface area contributed by atoms with Crippen molar-refractivity contribution in [3.8, 4) is 0 Å². The van der Waals surface area contributed by atoms with Crippen LogP contribution in [0.4, 0.5) is 0 Å². The number of thioether (sulfide) groups is 3. The van der Waals surface area contributed by atoms with E-state index in [9.17, 15) is 0 Å². The summed E-state index contributed by atoms with van der Waals surface area (Å²) in [5.74, 6) is 0. The smallest absolute Gasteiger partial charge is 0.0485 e. The van der Waals surface area contributed by atoms with E-state index in [0.717, 1.165) is 0 Å². The first kappa shape index (κ1) is 17.4. The minimum atomic E-state index is 0.546. The summed E-state index contributed by atoms with van der Waals surface area (Å²) in [5.41, 5.74) is 4.56. The van der Waals surface area contributed by atoms with Crippen molar-refractivity contribution in [1.82, 2.24) is 0 Å². The number of rotatable bonds is 2. The molecule has 0 aromatic heterocycles. The highest BCUT2D eigenvalue weighted by atomic mass is 32.2. The zero-order chi connectivity index (χ0) is 17.2. The topological polar surface area (TPSA) is 0 Å². The fraction of sp³-hybridized carbons (Fsp3) is 0.273. The third kappa shape index (κ3) is 3.89. The van der Waals surface area contributed by atoms with Gasteiger partial charge in [-0.3, -0.25) is 0 Å². The monoisotopic (exact) mass is 382 g/mol. The van der Waals surface area contributed by atoms with Gasteiger partial charge in [0.1, 0.15) is 0 Å². The van der Waals surface area contributed by atoms with Crippen LogP contribution in [0.2, 0.25) is 0 Å². The Labute approximate surface area is 163 Å². The highest BCUT2D eigenvalue weighted by Gasteiger charge is 2.31. The molecule has 0 spiro atoms. The Kier molecular flexibility index (Phi) is 5.35. The van der Waals surface area contributed by atoms with E-state index in [1.54, 1.807) is 5.57 Å². The predicted molar refractivity (Wildman–Crippen MR) is 116 cm³/mol. The lowest BCUT2D eigenvalue weighted by Gasteiger charge is -2.32. The molecule has 0 radical (unpaired) electrons. The Morgan fingerprint density at radius 1 is 0.680 bits per heavy atom. The summed E-state index contributed by atoms with van der Waals surface area (Å²) in [6.07, 6.45) is 2.35. The fourth-order valence-corrected chi connectivity index (χ4v) is 7.56. The maximum atomic E-state index is 2.29. The molecular formula is C22H22S3. The van der Waals surface area contributed by atoms with Gasteiger partial charge in [0.2, 0.25) is 0 Å². The van der Waals surface area contributed by atoms with E-state index in [4.69, 9.17) is 0 Å². The summed E-state index contributed by atoms with van der Waals surface area (Å²) < 4.78 is 1.54. The van der Waals surface area contributed by atoms with Gasteiger partial charge in [-0.25, -0.2) is 0 Å². The molecule has 0 nitrogen and oxygen atoms in total. The molecular weight excluding hydrogens is 360 g/mol. The first-order valence-electron chi connectivity index (χ1n) is 8.71. The highest BCUT2D eigenvalue weighted by molar-refractivity contribution is 8.28. The van der Waals surface area contributed by atoms with Gasteiger partial charge in [-0.05, 0) is 53.2 Å². The number of hydrogen-bond donors (Lipinski definition) is 0. The summed E-state index contributed by atoms with van der Waals surface area (Å²) in [6, 6.07) is 22.1. The highest BCUT2D eigenvalue weighted by Crippen LogP contribution is 2.58. The third-order valence-electron chi connectivity index (χ3n) is 4.81. The van der Waals surface area contributed by atoms with Crippen molar-refractivity contribution in [2.24, 2.45) is 0 Å².